The van der Waals surface area contributed by atoms with Gasteiger partial charge in [-0.25, -0.2) is 4.39 Å². The monoisotopic (exact) mass is 251 g/mol. The summed E-state index contributed by atoms with van der Waals surface area (Å²) in [6, 6.07) is 6.30. The zero-order valence-corrected chi connectivity index (χ0v) is 10.8. The molecule has 18 heavy (non-hydrogen) atoms. The van der Waals surface area contributed by atoms with Gasteiger partial charge in [-0.05, 0) is 18.9 Å². The van der Waals surface area contributed by atoms with E-state index in [-0.39, 0.29) is 11.9 Å². The van der Waals surface area contributed by atoms with Crippen LogP contribution in [0.15, 0.2) is 24.3 Å². The zero-order valence-electron chi connectivity index (χ0n) is 10.8. The Kier molecular flexibility index (Phi) is 5.14. The maximum absolute atomic E-state index is 13.5. The number of hydrogen-bond donors (Lipinski definition) is 1. The van der Waals surface area contributed by atoms with E-state index in [2.05, 4.69) is 0 Å². The van der Waals surface area contributed by atoms with Crippen LogP contribution in [0.5, 0.6) is 0 Å². The Balaban J connectivity index is 1.84. The fourth-order valence-electron chi connectivity index (χ4n) is 2.51. The van der Waals surface area contributed by atoms with Crippen molar-refractivity contribution in [2.75, 3.05) is 6.61 Å². The molecule has 1 saturated carbocycles. The quantitative estimate of drug-likeness (QED) is 0.830. The molecule has 2 rings (SSSR count). The van der Waals surface area contributed by atoms with Gasteiger partial charge in [0, 0.05) is 5.56 Å². The Bertz CT molecular complexity index is 361. The van der Waals surface area contributed by atoms with E-state index < -0.39 is 0 Å². The molecule has 0 bridgehead atoms. The van der Waals surface area contributed by atoms with Crippen molar-refractivity contribution in [2.45, 2.75) is 50.7 Å². The molecule has 0 aliphatic heterocycles. The third kappa shape index (κ3) is 3.79. The van der Waals surface area contributed by atoms with Crippen LogP contribution in [0.1, 0.15) is 50.1 Å². The minimum absolute atomic E-state index is 0.241. The number of hydrogen-bond acceptors (Lipinski definition) is 2. The van der Waals surface area contributed by atoms with E-state index in [1.807, 2.05) is 6.07 Å². The van der Waals surface area contributed by atoms with Crippen molar-refractivity contribution in [3.8, 4) is 0 Å². The summed E-state index contributed by atoms with van der Waals surface area (Å²) in [6.45, 7) is 0.408. The van der Waals surface area contributed by atoms with Crippen LogP contribution in [0.4, 0.5) is 4.39 Å². The summed E-state index contributed by atoms with van der Waals surface area (Å²) >= 11 is 0. The van der Waals surface area contributed by atoms with Gasteiger partial charge in [0.2, 0.25) is 0 Å². The SMILES string of the molecule is NC(COC1CCCCCC1)c1ccccc1F. The summed E-state index contributed by atoms with van der Waals surface area (Å²) in [5.74, 6) is -0.241. The van der Waals surface area contributed by atoms with Crippen LogP contribution in [0.3, 0.4) is 0 Å². The minimum atomic E-state index is -0.366. The number of halogens is 1. The maximum atomic E-state index is 13.5. The average Bonchev–Trinajstić information content (AvgIpc) is 2.65. The normalized spacial score (nSPS) is 19.4. The van der Waals surface area contributed by atoms with E-state index in [9.17, 15) is 4.39 Å². The minimum Gasteiger partial charge on any atom is -0.376 e. The molecule has 1 fully saturated rings. The smallest absolute Gasteiger partial charge is 0.128 e. The molecule has 2 nitrogen and oxygen atoms in total. The summed E-state index contributed by atoms with van der Waals surface area (Å²) in [7, 11) is 0. The van der Waals surface area contributed by atoms with Gasteiger partial charge < -0.3 is 10.5 Å². The molecule has 0 aromatic heterocycles. The van der Waals surface area contributed by atoms with Gasteiger partial charge in [-0.15, -0.1) is 0 Å². The van der Waals surface area contributed by atoms with E-state index in [1.165, 1.54) is 31.7 Å². The molecule has 1 aliphatic rings. The predicted molar refractivity (Wildman–Crippen MR) is 70.8 cm³/mol. The molecule has 0 amide bonds. The van der Waals surface area contributed by atoms with Crippen LogP contribution < -0.4 is 5.73 Å². The number of benzene rings is 1. The molecule has 1 aliphatic carbocycles. The second kappa shape index (κ2) is 6.86. The average molecular weight is 251 g/mol. The molecular weight excluding hydrogens is 229 g/mol. The Morgan fingerprint density at radius 3 is 2.50 bits per heavy atom. The molecular formula is C15H22FNO. The lowest BCUT2D eigenvalue weighted by Gasteiger charge is -2.19. The van der Waals surface area contributed by atoms with Gasteiger partial charge in [0.15, 0.2) is 0 Å². The first-order valence-electron chi connectivity index (χ1n) is 6.89. The summed E-state index contributed by atoms with van der Waals surface area (Å²) in [5, 5.41) is 0. The second-order valence-corrected chi connectivity index (χ2v) is 5.07. The van der Waals surface area contributed by atoms with E-state index in [0.29, 0.717) is 18.3 Å². The molecule has 0 heterocycles. The van der Waals surface area contributed by atoms with Crippen LogP contribution in [-0.4, -0.2) is 12.7 Å². The molecule has 1 atom stereocenters. The van der Waals surface area contributed by atoms with Crippen molar-refractivity contribution in [2.24, 2.45) is 5.73 Å². The van der Waals surface area contributed by atoms with Gasteiger partial charge in [-0.2, -0.15) is 0 Å². The Hall–Kier alpha value is -0.930. The van der Waals surface area contributed by atoms with Gasteiger partial charge >= 0.3 is 0 Å². The Morgan fingerprint density at radius 2 is 1.83 bits per heavy atom. The van der Waals surface area contributed by atoms with Gasteiger partial charge in [0.1, 0.15) is 5.82 Å². The van der Waals surface area contributed by atoms with Crippen LogP contribution in [0.25, 0.3) is 0 Å². The van der Waals surface area contributed by atoms with Gasteiger partial charge in [0.05, 0.1) is 18.8 Å². The highest BCUT2D eigenvalue weighted by molar-refractivity contribution is 5.20. The number of nitrogens with two attached hydrogens (primary N) is 1. The first-order valence-corrected chi connectivity index (χ1v) is 6.89. The maximum Gasteiger partial charge on any atom is 0.128 e. The first kappa shape index (κ1) is 13.5. The number of rotatable bonds is 4. The first-order chi connectivity index (χ1) is 8.77. The van der Waals surface area contributed by atoms with Crippen molar-refractivity contribution in [3.63, 3.8) is 0 Å². The molecule has 3 heteroatoms. The predicted octanol–water partition coefficient (Wildman–Crippen LogP) is 3.56. The molecule has 100 valence electrons. The topological polar surface area (TPSA) is 35.2 Å². The van der Waals surface area contributed by atoms with E-state index >= 15 is 0 Å². The molecule has 2 N–H and O–H groups in total. The van der Waals surface area contributed by atoms with Crippen molar-refractivity contribution >= 4 is 0 Å². The summed E-state index contributed by atoms with van der Waals surface area (Å²) < 4.78 is 19.4. The summed E-state index contributed by atoms with van der Waals surface area (Å²) in [6.07, 6.45) is 7.62. The molecule has 1 unspecified atom stereocenters. The van der Waals surface area contributed by atoms with E-state index in [1.54, 1.807) is 12.1 Å². The Labute approximate surface area is 108 Å². The summed E-state index contributed by atoms with van der Waals surface area (Å²) in [4.78, 5) is 0. The van der Waals surface area contributed by atoms with E-state index in [0.717, 1.165) is 12.8 Å². The lowest BCUT2D eigenvalue weighted by atomic mass is 10.1. The third-order valence-electron chi connectivity index (χ3n) is 3.62. The lowest BCUT2D eigenvalue weighted by Crippen LogP contribution is -2.23. The summed E-state index contributed by atoms with van der Waals surface area (Å²) in [5.41, 5.74) is 6.53. The van der Waals surface area contributed by atoms with E-state index in [4.69, 9.17) is 10.5 Å². The molecule has 0 saturated heterocycles. The Morgan fingerprint density at radius 1 is 1.17 bits per heavy atom. The lowest BCUT2D eigenvalue weighted by molar-refractivity contribution is 0.0341. The van der Waals surface area contributed by atoms with Crippen molar-refractivity contribution < 1.29 is 9.13 Å². The highest BCUT2D eigenvalue weighted by Gasteiger charge is 2.16. The van der Waals surface area contributed by atoms with Crippen LogP contribution >= 0.6 is 0 Å². The van der Waals surface area contributed by atoms with Crippen molar-refractivity contribution in [1.29, 1.82) is 0 Å². The molecule has 0 spiro atoms. The van der Waals surface area contributed by atoms with Gasteiger partial charge in [-0.1, -0.05) is 43.9 Å². The van der Waals surface area contributed by atoms with Crippen molar-refractivity contribution in [3.05, 3.63) is 35.6 Å². The largest absolute Gasteiger partial charge is 0.376 e. The van der Waals surface area contributed by atoms with Crippen LogP contribution in [0.2, 0.25) is 0 Å². The zero-order chi connectivity index (χ0) is 12.8. The number of ether oxygens (including phenoxy) is 1. The fourth-order valence-corrected chi connectivity index (χ4v) is 2.51. The fraction of sp³-hybridized carbons (Fsp3) is 0.600. The molecule has 0 radical (unpaired) electrons. The van der Waals surface area contributed by atoms with Gasteiger partial charge in [-0.3, -0.25) is 0 Å². The molecule has 1 aromatic carbocycles. The van der Waals surface area contributed by atoms with Crippen LogP contribution in [0, 0.1) is 5.82 Å². The highest BCUT2D eigenvalue weighted by atomic mass is 19.1. The standard InChI is InChI=1S/C15H22FNO/c16-14-10-6-5-9-13(14)15(17)11-18-12-7-3-1-2-4-8-12/h5-6,9-10,12,15H,1-4,7-8,11,17H2. The van der Waals surface area contributed by atoms with Gasteiger partial charge in [0.25, 0.3) is 0 Å². The molecule has 1 aromatic rings. The van der Waals surface area contributed by atoms with Crippen molar-refractivity contribution in [1.82, 2.24) is 0 Å². The van der Waals surface area contributed by atoms with Crippen LogP contribution in [-0.2, 0) is 4.74 Å². The third-order valence-corrected chi connectivity index (χ3v) is 3.62. The second-order valence-electron chi connectivity index (χ2n) is 5.07. The highest BCUT2D eigenvalue weighted by Crippen LogP contribution is 2.22.